The molecule has 0 radical (unpaired) electrons. The number of likely N-dealkylation sites (N-methyl/N-ethyl adjacent to an activating group) is 1. The molecule has 6 nitrogen and oxygen atoms in total. The monoisotopic (exact) mass is 361 g/mol. The van der Waals surface area contributed by atoms with Gasteiger partial charge in [0.25, 0.3) is 0 Å². The third-order valence-electron chi connectivity index (χ3n) is 3.68. The van der Waals surface area contributed by atoms with Crippen molar-refractivity contribution in [2.24, 2.45) is 0 Å². The smallest absolute Gasteiger partial charge is 0.236 e. The van der Waals surface area contributed by atoms with Gasteiger partial charge in [0.05, 0.1) is 11.4 Å². The number of carbonyl (C=O) groups excluding carboxylic acids is 1. The van der Waals surface area contributed by atoms with Crippen molar-refractivity contribution >= 4 is 28.2 Å². The van der Waals surface area contributed by atoms with E-state index in [2.05, 4.69) is 5.32 Å². The molecular weight excluding hydrogens is 338 g/mol. The second-order valence-corrected chi connectivity index (χ2v) is 7.73. The van der Waals surface area contributed by atoms with Crippen LogP contribution in [0.1, 0.15) is 5.56 Å². The van der Waals surface area contributed by atoms with E-state index in [4.69, 9.17) is 0 Å². The van der Waals surface area contributed by atoms with Gasteiger partial charge >= 0.3 is 0 Å². The first-order valence-corrected chi connectivity index (χ1v) is 9.21. The average Bonchev–Trinajstić information content (AvgIpc) is 2.47. The molecule has 0 aliphatic carbocycles. The minimum atomic E-state index is -3.16. The lowest BCUT2D eigenvalue weighted by Gasteiger charge is -2.29. The molecule has 0 spiro atoms. The molecule has 0 aromatic heterocycles. The molecule has 1 aliphatic heterocycles. The van der Waals surface area contributed by atoms with Gasteiger partial charge < -0.3 is 10.2 Å². The zero-order valence-electron chi connectivity index (χ0n) is 13.5. The van der Waals surface area contributed by atoms with Crippen LogP contribution in [0, 0.1) is 0 Å². The zero-order chi connectivity index (χ0) is 16.2. The van der Waals surface area contributed by atoms with Crippen LogP contribution in [0.15, 0.2) is 29.2 Å². The highest BCUT2D eigenvalue weighted by atomic mass is 35.5. The predicted molar refractivity (Wildman–Crippen MR) is 92.6 cm³/mol. The number of hydrogen-bond donors (Lipinski definition) is 1. The summed E-state index contributed by atoms with van der Waals surface area (Å²) in [5.41, 5.74) is 0.989. The minimum absolute atomic E-state index is 0. The normalized spacial score (nSPS) is 15.3. The zero-order valence-corrected chi connectivity index (χ0v) is 15.1. The first-order valence-electron chi connectivity index (χ1n) is 7.32. The molecule has 0 atom stereocenters. The highest BCUT2D eigenvalue weighted by molar-refractivity contribution is 7.90. The number of nitrogens with one attached hydrogen (secondary N) is 1. The Hall–Kier alpha value is -1.15. The number of benzene rings is 1. The van der Waals surface area contributed by atoms with Crippen LogP contribution in [0.5, 0.6) is 0 Å². The number of carbonyl (C=O) groups is 1. The SMILES string of the molecule is CN(CC(=O)N1CCNCC1)Cc1ccc(S(C)(=O)=O)cc1.Cl. The summed E-state index contributed by atoms with van der Waals surface area (Å²) in [6, 6.07) is 6.80. The van der Waals surface area contributed by atoms with Crippen LogP contribution in [0.2, 0.25) is 0 Å². The molecule has 1 aromatic rings. The maximum Gasteiger partial charge on any atom is 0.236 e. The first kappa shape index (κ1) is 19.9. The molecule has 1 amide bonds. The van der Waals surface area contributed by atoms with Gasteiger partial charge in [-0.2, -0.15) is 0 Å². The summed E-state index contributed by atoms with van der Waals surface area (Å²) in [6.45, 7) is 4.20. The highest BCUT2D eigenvalue weighted by Crippen LogP contribution is 2.11. The number of halogens is 1. The molecular formula is C15H24ClN3O3S. The Bertz CT molecular complexity index is 613. The molecule has 1 aliphatic rings. The van der Waals surface area contributed by atoms with Crippen molar-refractivity contribution < 1.29 is 13.2 Å². The third kappa shape index (κ3) is 6.10. The molecule has 0 unspecified atom stereocenters. The quantitative estimate of drug-likeness (QED) is 0.820. The molecule has 2 rings (SSSR count). The Balaban J connectivity index is 0.00000264. The lowest BCUT2D eigenvalue weighted by Crippen LogP contribution is -2.49. The maximum atomic E-state index is 12.2. The number of hydrogen-bond acceptors (Lipinski definition) is 5. The van der Waals surface area contributed by atoms with Crippen molar-refractivity contribution in [3.05, 3.63) is 29.8 Å². The molecule has 1 N–H and O–H groups in total. The van der Waals surface area contributed by atoms with Gasteiger partial charge in [-0.05, 0) is 24.7 Å². The molecule has 1 aromatic carbocycles. The van der Waals surface area contributed by atoms with Gasteiger partial charge in [-0.1, -0.05) is 12.1 Å². The summed E-state index contributed by atoms with van der Waals surface area (Å²) < 4.78 is 22.8. The van der Waals surface area contributed by atoms with Gasteiger partial charge in [0.15, 0.2) is 9.84 Å². The third-order valence-corrected chi connectivity index (χ3v) is 4.81. The van der Waals surface area contributed by atoms with Crippen LogP contribution >= 0.6 is 12.4 Å². The van der Waals surface area contributed by atoms with Gasteiger partial charge in [0.2, 0.25) is 5.91 Å². The predicted octanol–water partition coefficient (Wildman–Crippen LogP) is 0.376. The Morgan fingerprint density at radius 1 is 1.22 bits per heavy atom. The van der Waals surface area contributed by atoms with Crippen molar-refractivity contribution in [3.63, 3.8) is 0 Å². The van der Waals surface area contributed by atoms with Gasteiger partial charge in [0, 0.05) is 39.0 Å². The van der Waals surface area contributed by atoms with Crippen LogP contribution in [0.4, 0.5) is 0 Å². The lowest BCUT2D eigenvalue weighted by molar-refractivity contribution is -0.132. The number of sulfone groups is 1. The van der Waals surface area contributed by atoms with E-state index in [-0.39, 0.29) is 18.3 Å². The van der Waals surface area contributed by atoms with E-state index in [1.165, 1.54) is 6.26 Å². The fourth-order valence-corrected chi connectivity index (χ4v) is 3.09. The standard InChI is InChI=1S/C15H23N3O3S.ClH/c1-17(12-15(19)18-9-7-16-8-10-18)11-13-3-5-14(6-4-13)22(2,20)21;/h3-6,16H,7-12H2,1-2H3;1H. The van der Waals surface area contributed by atoms with Crippen molar-refractivity contribution in [1.29, 1.82) is 0 Å². The van der Waals surface area contributed by atoms with Gasteiger partial charge in [-0.25, -0.2) is 8.42 Å². The Morgan fingerprint density at radius 2 is 1.78 bits per heavy atom. The van der Waals surface area contributed by atoms with Gasteiger partial charge in [-0.3, -0.25) is 9.69 Å². The van der Waals surface area contributed by atoms with E-state index < -0.39 is 9.84 Å². The Morgan fingerprint density at radius 3 is 2.30 bits per heavy atom. The summed E-state index contributed by atoms with van der Waals surface area (Å²) in [5, 5.41) is 3.22. The molecule has 23 heavy (non-hydrogen) atoms. The number of amides is 1. The van der Waals surface area contributed by atoms with Crippen LogP contribution < -0.4 is 5.32 Å². The van der Waals surface area contributed by atoms with E-state index in [1.54, 1.807) is 24.3 Å². The fourth-order valence-electron chi connectivity index (χ4n) is 2.45. The molecule has 1 fully saturated rings. The molecule has 1 saturated heterocycles. The van der Waals surface area contributed by atoms with E-state index in [0.29, 0.717) is 18.0 Å². The number of nitrogens with zero attached hydrogens (tertiary/aromatic N) is 2. The van der Waals surface area contributed by atoms with Gasteiger partial charge in [0.1, 0.15) is 0 Å². The molecule has 0 saturated carbocycles. The summed E-state index contributed by atoms with van der Waals surface area (Å²) in [4.78, 5) is 16.3. The van der Waals surface area contributed by atoms with Crippen LogP contribution in [0.25, 0.3) is 0 Å². The fraction of sp³-hybridized carbons (Fsp3) is 0.533. The summed E-state index contributed by atoms with van der Waals surface area (Å²) in [6.07, 6.45) is 1.19. The van der Waals surface area contributed by atoms with E-state index >= 15 is 0 Å². The Kier molecular flexibility index (Phi) is 7.47. The van der Waals surface area contributed by atoms with Gasteiger partial charge in [-0.15, -0.1) is 12.4 Å². The van der Waals surface area contributed by atoms with E-state index in [1.807, 2.05) is 16.8 Å². The summed E-state index contributed by atoms with van der Waals surface area (Å²) in [5.74, 6) is 0.136. The largest absolute Gasteiger partial charge is 0.339 e. The summed E-state index contributed by atoms with van der Waals surface area (Å²) >= 11 is 0. The average molecular weight is 362 g/mol. The lowest BCUT2D eigenvalue weighted by atomic mass is 10.2. The minimum Gasteiger partial charge on any atom is -0.339 e. The summed E-state index contributed by atoms with van der Waals surface area (Å²) in [7, 11) is -1.27. The van der Waals surface area contributed by atoms with E-state index in [9.17, 15) is 13.2 Å². The molecule has 1 heterocycles. The van der Waals surface area contributed by atoms with Crippen LogP contribution in [-0.2, 0) is 21.2 Å². The second kappa shape index (κ2) is 8.63. The van der Waals surface area contributed by atoms with Crippen LogP contribution in [-0.4, -0.2) is 70.2 Å². The molecule has 130 valence electrons. The van der Waals surface area contributed by atoms with Crippen molar-refractivity contribution in [2.45, 2.75) is 11.4 Å². The van der Waals surface area contributed by atoms with Crippen LogP contribution in [0.3, 0.4) is 0 Å². The number of piperazine rings is 1. The number of rotatable bonds is 5. The maximum absolute atomic E-state index is 12.2. The topological polar surface area (TPSA) is 69.7 Å². The van der Waals surface area contributed by atoms with Crippen molar-refractivity contribution in [2.75, 3.05) is 46.0 Å². The highest BCUT2D eigenvalue weighted by Gasteiger charge is 2.17. The van der Waals surface area contributed by atoms with Crippen molar-refractivity contribution in [3.8, 4) is 0 Å². The molecule has 0 bridgehead atoms. The molecule has 8 heteroatoms. The van der Waals surface area contributed by atoms with E-state index in [0.717, 1.165) is 31.7 Å². The first-order chi connectivity index (χ1) is 10.4. The second-order valence-electron chi connectivity index (χ2n) is 5.72. The van der Waals surface area contributed by atoms with Crippen molar-refractivity contribution in [1.82, 2.24) is 15.1 Å². The Labute approximate surface area is 144 Å².